The Morgan fingerprint density at radius 1 is 1.60 bits per heavy atom. The van der Waals surface area contributed by atoms with E-state index in [2.05, 4.69) is 9.97 Å². The average Bonchev–Trinajstić information content (AvgIpc) is 2.37. The molecule has 2 rings (SSSR count). The molecule has 0 radical (unpaired) electrons. The van der Waals surface area contributed by atoms with Crippen molar-refractivity contribution in [2.75, 3.05) is 24.7 Å². The van der Waals surface area contributed by atoms with Gasteiger partial charge in [-0.1, -0.05) is 0 Å². The van der Waals surface area contributed by atoms with Crippen LogP contribution in [0.1, 0.15) is 12.6 Å². The number of halogens is 1. The SMILES string of the molecule is Cc1nc(Cl)nc(N2CC(CO)OCC2C)c1[N+](=O)[O-]. The van der Waals surface area contributed by atoms with Crippen molar-refractivity contribution in [2.24, 2.45) is 0 Å². The van der Waals surface area contributed by atoms with E-state index in [0.717, 1.165) is 0 Å². The van der Waals surface area contributed by atoms with Crippen molar-refractivity contribution in [2.45, 2.75) is 26.0 Å². The van der Waals surface area contributed by atoms with Crippen LogP contribution in [0.3, 0.4) is 0 Å². The normalized spacial score (nSPS) is 22.9. The van der Waals surface area contributed by atoms with Gasteiger partial charge in [0.2, 0.25) is 11.1 Å². The van der Waals surface area contributed by atoms with Crippen molar-refractivity contribution < 1.29 is 14.8 Å². The lowest BCUT2D eigenvalue weighted by molar-refractivity contribution is -0.385. The van der Waals surface area contributed by atoms with Gasteiger partial charge in [0.25, 0.3) is 0 Å². The molecule has 0 saturated carbocycles. The Balaban J connectivity index is 2.47. The molecule has 1 saturated heterocycles. The van der Waals surface area contributed by atoms with Crippen molar-refractivity contribution in [1.82, 2.24) is 9.97 Å². The van der Waals surface area contributed by atoms with Crippen LogP contribution in [0.15, 0.2) is 0 Å². The molecule has 1 aromatic heterocycles. The van der Waals surface area contributed by atoms with E-state index in [4.69, 9.17) is 16.3 Å². The zero-order valence-electron chi connectivity index (χ0n) is 11.1. The Morgan fingerprint density at radius 3 is 2.90 bits per heavy atom. The highest BCUT2D eigenvalue weighted by atomic mass is 35.5. The van der Waals surface area contributed by atoms with Gasteiger partial charge in [-0.05, 0) is 25.4 Å². The first-order chi connectivity index (χ1) is 9.43. The maximum atomic E-state index is 11.2. The molecule has 2 unspecified atom stereocenters. The summed E-state index contributed by atoms with van der Waals surface area (Å²) in [6.07, 6.45) is -0.403. The largest absolute Gasteiger partial charge is 0.394 e. The minimum atomic E-state index is -0.517. The van der Waals surface area contributed by atoms with Gasteiger partial charge in [-0.15, -0.1) is 0 Å². The van der Waals surface area contributed by atoms with Gasteiger partial charge in [-0.2, -0.15) is 4.98 Å². The number of aliphatic hydroxyl groups is 1. The van der Waals surface area contributed by atoms with Gasteiger partial charge in [0.05, 0.1) is 30.3 Å². The van der Waals surface area contributed by atoms with E-state index in [9.17, 15) is 15.2 Å². The van der Waals surface area contributed by atoms with Crippen molar-refractivity contribution >= 4 is 23.1 Å². The van der Waals surface area contributed by atoms with Crippen LogP contribution in [0, 0.1) is 17.0 Å². The first-order valence-corrected chi connectivity index (χ1v) is 6.49. The van der Waals surface area contributed by atoms with E-state index in [1.165, 1.54) is 6.92 Å². The summed E-state index contributed by atoms with van der Waals surface area (Å²) in [7, 11) is 0. The van der Waals surface area contributed by atoms with E-state index in [1.54, 1.807) is 4.90 Å². The van der Waals surface area contributed by atoms with Gasteiger partial charge in [-0.3, -0.25) is 10.1 Å². The number of aromatic nitrogens is 2. The van der Waals surface area contributed by atoms with Crippen LogP contribution in [0.2, 0.25) is 5.28 Å². The summed E-state index contributed by atoms with van der Waals surface area (Å²) in [5.74, 6) is 0.168. The molecule has 8 nitrogen and oxygen atoms in total. The maximum Gasteiger partial charge on any atom is 0.332 e. The number of ether oxygens (including phenoxy) is 1. The monoisotopic (exact) mass is 302 g/mol. The molecular formula is C11H15ClN4O4. The Morgan fingerprint density at radius 2 is 2.30 bits per heavy atom. The number of rotatable bonds is 3. The summed E-state index contributed by atoms with van der Waals surface area (Å²) in [4.78, 5) is 20.3. The van der Waals surface area contributed by atoms with Crippen LogP contribution in [-0.2, 0) is 4.74 Å². The predicted octanol–water partition coefficient (Wildman–Crippen LogP) is 0.933. The number of nitro groups is 1. The van der Waals surface area contributed by atoms with Crippen LogP contribution in [0.4, 0.5) is 11.5 Å². The number of hydrogen-bond acceptors (Lipinski definition) is 7. The molecule has 2 heterocycles. The lowest BCUT2D eigenvalue weighted by Crippen LogP contribution is -2.50. The lowest BCUT2D eigenvalue weighted by Gasteiger charge is -2.37. The average molecular weight is 303 g/mol. The van der Waals surface area contributed by atoms with E-state index in [0.29, 0.717) is 13.2 Å². The van der Waals surface area contributed by atoms with Gasteiger partial charge in [0, 0.05) is 6.54 Å². The molecule has 0 aromatic carbocycles. The summed E-state index contributed by atoms with van der Waals surface area (Å²) in [6, 6.07) is -0.109. The van der Waals surface area contributed by atoms with Crippen LogP contribution in [0.25, 0.3) is 0 Å². The Hall–Kier alpha value is -1.51. The Kier molecular flexibility index (Phi) is 4.36. The molecule has 1 N–H and O–H groups in total. The van der Waals surface area contributed by atoms with E-state index in [-0.39, 0.29) is 35.1 Å². The third-order valence-corrected chi connectivity index (χ3v) is 3.35. The second-order valence-electron chi connectivity index (χ2n) is 4.65. The molecule has 1 aliphatic rings. The number of morpholine rings is 1. The summed E-state index contributed by atoms with van der Waals surface area (Å²) >= 11 is 5.81. The van der Waals surface area contributed by atoms with Crippen LogP contribution in [-0.4, -0.2) is 51.9 Å². The molecular weight excluding hydrogens is 288 g/mol. The van der Waals surface area contributed by atoms with Crippen LogP contribution in [0.5, 0.6) is 0 Å². The van der Waals surface area contributed by atoms with Crippen molar-refractivity contribution in [3.8, 4) is 0 Å². The summed E-state index contributed by atoms with van der Waals surface area (Å²) in [5.41, 5.74) is 0.0454. The topological polar surface area (TPSA) is 102 Å². The molecule has 1 fully saturated rings. The molecule has 110 valence electrons. The minimum absolute atomic E-state index is 0.0395. The van der Waals surface area contributed by atoms with Gasteiger partial charge < -0.3 is 14.7 Å². The lowest BCUT2D eigenvalue weighted by atomic mass is 10.2. The second kappa shape index (κ2) is 5.86. The van der Waals surface area contributed by atoms with Gasteiger partial charge in [0.15, 0.2) is 0 Å². The zero-order chi connectivity index (χ0) is 14.9. The van der Waals surface area contributed by atoms with Gasteiger partial charge in [-0.25, -0.2) is 4.98 Å². The molecule has 0 spiro atoms. The smallest absolute Gasteiger partial charge is 0.332 e. The van der Waals surface area contributed by atoms with Gasteiger partial charge in [0.1, 0.15) is 5.69 Å². The Bertz CT molecular complexity index is 527. The molecule has 1 aliphatic heterocycles. The number of anilines is 1. The second-order valence-corrected chi connectivity index (χ2v) is 4.98. The van der Waals surface area contributed by atoms with E-state index >= 15 is 0 Å². The third kappa shape index (κ3) is 2.82. The highest BCUT2D eigenvalue weighted by molar-refractivity contribution is 6.28. The predicted molar refractivity (Wildman–Crippen MR) is 72.1 cm³/mol. The fourth-order valence-electron chi connectivity index (χ4n) is 2.16. The van der Waals surface area contributed by atoms with E-state index < -0.39 is 11.0 Å². The molecule has 20 heavy (non-hydrogen) atoms. The van der Waals surface area contributed by atoms with Crippen molar-refractivity contribution in [3.05, 3.63) is 21.1 Å². The first kappa shape index (κ1) is 14.9. The molecule has 0 amide bonds. The van der Waals surface area contributed by atoms with Crippen molar-refractivity contribution in [3.63, 3.8) is 0 Å². The fourth-order valence-corrected chi connectivity index (χ4v) is 2.36. The molecule has 0 aliphatic carbocycles. The fraction of sp³-hybridized carbons (Fsp3) is 0.636. The van der Waals surface area contributed by atoms with Crippen LogP contribution < -0.4 is 4.90 Å². The number of aryl methyl sites for hydroxylation is 1. The van der Waals surface area contributed by atoms with Gasteiger partial charge >= 0.3 is 5.69 Å². The molecule has 9 heteroatoms. The highest BCUT2D eigenvalue weighted by Crippen LogP contribution is 2.32. The summed E-state index contributed by atoms with van der Waals surface area (Å²) in [5, 5.41) is 20.4. The van der Waals surface area contributed by atoms with Crippen LogP contribution >= 0.6 is 11.6 Å². The summed E-state index contributed by atoms with van der Waals surface area (Å²) in [6.45, 7) is 3.88. The number of nitrogens with zero attached hydrogens (tertiary/aromatic N) is 4. The zero-order valence-corrected chi connectivity index (χ0v) is 11.9. The third-order valence-electron chi connectivity index (χ3n) is 3.18. The quantitative estimate of drug-likeness (QED) is 0.503. The summed E-state index contributed by atoms with van der Waals surface area (Å²) < 4.78 is 5.41. The minimum Gasteiger partial charge on any atom is -0.394 e. The molecule has 2 atom stereocenters. The van der Waals surface area contributed by atoms with Crippen molar-refractivity contribution in [1.29, 1.82) is 0 Å². The highest BCUT2D eigenvalue weighted by Gasteiger charge is 2.33. The molecule has 1 aromatic rings. The molecule has 0 bridgehead atoms. The first-order valence-electron chi connectivity index (χ1n) is 6.11. The van der Waals surface area contributed by atoms with E-state index in [1.807, 2.05) is 6.92 Å². The maximum absolute atomic E-state index is 11.2. The number of aliphatic hydroxyl groups excluding tert-OH is 1. The Labute approximate surface area is 120 Å². The standard InChI is InChI=1S/C11H15ClN4O4/c1-6-5-20-8(4-17)3-15(6)10-9(16(18)19)7(2)13-11(12)14-10/h6,8,17H,3-5H2,1-2H3. The number of hydrogen-bond donors (Lipinski definition) is 1.